The Hall–Kier alpha value is -2.43. The maximum atomic E-state index is 13.5. The number of likely N-dealkylation sites (tertiary alicyclic amines) is 1. The van der Waals surface area contributed by atoms with Crippen molar-refractivity contribution >= 4 is 11.8 Å². The first-order valence-electron chi connectivity index (χ1n) is 8.62. The number of hydrogen-bond donors (Lipinski definition) is 1. The van der Waals surface area contributed by atoms with Crippen LogP contribution in [0, 0.1) is 18.7 Å². The van der Waals surface area contributed by atoms with Crippen LogP contribution in [0.5, 0.6) is 0 Å². The Morgan fingerprint density at radius 3 is 2.64 bits per heavy atom. The number of benzene rings is 1. The quantitative estimate of drug-likeness (QED) is 0.659. The van der Waals surface area contributed by atoms with Gasteiger partial charge in [0, 0.05) is 31.6 Å². The van der Waals surface area contributed by atoms with E-state index in [1.807, 2.05) is 25.1 Å². The highest BCUT2D eigenvalue weighted by Gasteiger charge is 2.26. The summed E-state index contributed by atoms with van der Waals surface area (Å²) in [7, 11) is 0. The number of rotatable bonds is 5. The van der Waals surface area contributed by atoms with Crippen LogP contribution in [0.4, 0.5) is 4.39 Å². The van der Waals surface area contributed by atoms with E-state index in [9.17, 15) is 14.0 Å². The van der Waals surface area contributed by atoms with E-state index in [0.717, 1.165) is 5.56 Å². The van der Waals surface area contributed by atoms with Gasteiger partial charge in [-0.1, -0.05) is 30.4 Å². The molecule has 1 fully saturated rings. The first-order chi connectivity index (χ1) is 12.0. The lowest BCUT2D eigenvalue weighted by atomic mass is 9.95. The predicted molar refractivity (Wildman–Crippen MR) is 96.2 cm³/mol. The summed E-state index contributed by atoms with van der Waals surface area (Å²) in [5.74, 6) is -0.409. The Morgan fingerprint density at radius 2 is 2.00 bits per heavy atom. The topological polar surface area (TPSA) is 49.4 Å². The largest absolute Gasteiger partial charge is 0.352 e. The van der Waals surface area contributed by atoms with Crippen molar-refractivity contribution in [3.8, 4) is 0 Å². The highest BCUT2D eigenvalue weighted by molar-refractivity contribution is 5.88. The van der Waals surface area contributed by atoms with Crippen molar-refractivity contribution in [3.63, 3.8) is 0 Å². The first-order valence-corrected chi connectivity index (χ1v) is 8.62. The molecule has 1 aliphatic rings. The summed E-state index contributed by atoms with van der Waals surface area (Å²) in [5.41, 5.74) is 1.34. The molecule has 0 radical (unpaired) electrons. The van der Waals surface area contributed by atoms with Gasteiger partial charge >= 0.3 is 0 Å². The standard InChI is InChI=1S/C20H25FN2O2/c1-3-4-5-6-19(24)23-11-9-17(10-12-23)20(25)22-14-16-8-7-15(2)18(21)13-16/h3-8,13,17H,9-12,14H2,1-2H3,(H,22,25)/b4-3+,6-5-. The van der Waals surface area contributed by atoms with Gasteiger partial charge in [-0.3, -0.25) is 9.59 Å². The van der Waals surface area contributed by atoms with Gasteiger partial charge in [0.1, 0.15) is 5.82 Å². The fourth-order valence-electron chi connectivity index (χ4n) is 2.80. The summed E-state index contributed by atoms with van der Waals surface area (Å²) in [4.78, 5) is 26.0. The average molecular weight is 344 g/mol. The number of allylic oxidation sites excluding steroid dienone is 3. The molecule has 134 valence electrons. The predicted octanol–water partition coefficient (Wildman–Crippen LogP) is 3.12. The SMILES string of the molecule is C/C=C/C=C\C(=O)N1CCC(C(=O)NCc2ccc(C)c(F)c2)CC1. The normalized spacial score (nSPS) is 15.9. The monoisotopic (exact) mass is 344 g/mol. The molecule has 4 nitrogen and oxygen atoms in total. The Kier molecular flexibility index (Phi) is 6.92. The third-order valence-corrected chi connectivity index (χ3v) is 4.42. The summed E-state index contributed by atoms with van der Waals surface area (Å²) >= 11 is 0. The summed E-state index contributed by atoms with van der Waals surface area (Å²) in [6, 6.07) is 4.98. The molecule has 1 N–H and O–H groups in total. The van der Waals surface area contributed by atoms with Crippen molar-refractivity contribution in [1.82, 2.24) is 10.2 Å². The molecule has 1 aliphatic heterocycles. The van der Waals surface area contributed by atoms with E-state index < -0.39 is 0 Å². The third-order valence-electron chi connectivity index (χ3n) is 4.42. The highest BCUT2D eigenvalue weighted by Crippen LogP contribution is 2.18. The van der Waals surface area contributed by atoms with Crippen LogP contribution < -0.4 is 5.32 Å². The number of carbonyl (C=O) groups is 2. The van der Waals surface area contributed by atoms with Crippen LogP contribution in [0.1, 0.15) is 30.9 Å². The van der Waals surface area contributed by atoms with E-state index in [-0.39, 0.29) is 23.5 Å². The zero-order valence-corrected chi connectivity index (χ0v) is 14.8. The van der Waals surface area contributed by atoms with E-state index in [1.54, 1.807) is 30.0 Å². The van der Waals surface area contributed by atoms with Crippen molar-refractivity contribution < 1.29 is 14.0 Å². The van der Waals surface area contributed by atoms with Crippen molar-refractivity contribution in [2.24, 2.45) is 5.92 Å². The molecule has 0 unspecified atom stereocenters. The molecule has 1 saturated heterocycles. The Labute approximate surface area is 148 Å². The lowest BCUT2D eigenvalue weighted by Crippen LogP contribution is -2.42. The number of halogens is 1. The van der Waals surface area contributed by atoms with Gasteiger partial charge in [-0.15, -0.1) is 0 Å². The van der Waals surface area contributed by atoms with Crippen LogP contribution in [0.3, 0.4) is 0 Å². The number of nitrogens with one attached hydrogen (secondary N) is 1. The van der Waals surface area contributed by atoms with Crippen molar-refractivity contribution in [2.45, 2.75) is 33.2 Å². The fourth-order valence-corrected chi connectivity index (χ4v) is 2.80. The molecule has 0 bridgehead atoms. The molecular weight excluding hydrogens is 319 g/mol. The van der Waals surface area contributed by atoms with Gasteiger partial charge in [0.2, 0.25) is 11.8 Å². The van der Waals surface area contributed by atoms with Crippen LogP contribution in [0.2, 0.25) is 0 Å². The third kappa shape index (κ3) is 5.55. The molecule has 2 amide bonds. The van der Waals surface area contributed by atoms with Crippen molar-refractivity contribution in [3.05, 3.63) is 59.4 Å². The van der Waals surface area contributed by atoms with Gasteiger partial charge in [0.05, 0.1) is 0 Å². The summed E-state index contributed by atoms with van der Waals surface area (Å²) in [6.07, 6.45) is 8.25. The minimum absolute atomic E-state index is 0.0212. The number of amides is 2. The van der Waals surface area contributed by atoms with Gasteiger partial charge < -0.3 is 10.2 Å². The molecule has 0 atom stereocenters. The minimum Gasteiger partial charge on any atom is -0.352 e. The van der Waals surface area contributed by atoms with Gasteiger partial charge in [0.25, 0.3) is 0 Å². The van der Waals surface area contributed by atoms with E-state index in [0.29, 0.717) is 38.0 Å². The average Bonchev–Trinajstić information content (AvgIpc) is 2.62. The van der Waals surface area contributed by atoms with Crippen LogP contribution in [0.15, 0.2) is 42.5 Å². The number of piperidine rings is 1. The van der Waals surface area contributed by atoms with Gasteiger partial charge in [-0.2, -0.15) is 0 Å². The molecule has 0 aromatic heterocycles. The maximum absolute atomic E-state index is 13.5. The minimum atomic E-state index is -0.260. The fraction of sp³-hybridized carbons (Fsp3) is 0.400. The molecule has 0 saturated carbocycles. The number of carbonyl (C=O) groups excluding carboxylic acids is 2. The van der Waals surface area contributed by atoms with Crippen molar-refractivity contribution in [2.75, 3.05) is 13.1 Å². The number of hydrogen-bond acceptors (Lipinski definition) is 2. The molecule has 2 rings (SSSR count). The summed E-state index contributed by atoms with van der Waals surface area (Å²) < 4.78 is 13.5. The van der Waals surface area contributed by atoms with Crippen LogP contribution in [0.25, 0.3) is 0 Å². The van der Waals surface area contributed by atoms with Gasteiger partial charge in [0.15, 0.2) is 0 Å². The lowest BCUT2D eigenvalue weighted by Gasteiger charge is -2.30. The zero-order valence-electron chi connectivity index (χ0n) is 14.8. The second kappa shape index (κ2) is 9.16. The molecule has 5 heteroatoms. The Bertz CT molecular complexity index is 674. The smallest absolute Gasteiger partial charge is 0.246 e. The van der Waals surface area contributed by atoms with E-state index in [1.165, 1.54) is 6.07 Å². The lowest BCUT2D eigenvalue weighted by molar-refractivity contribution is -0.132. The molecule has 25 heavy (non-hydrogen) atoms. The molecular formula is C20H25FN2O2. The molecule has 0 spiro atoms. The number of nitrogens with zero attached hydrogens (tertiary/aromatic N) is 1. The Balaban J connectivity index is 1.79. The molecule has 1 heterocycles. The number of aryl methyl sites for hydroxylation is 1. The van der Waals surface area contributed by atoms with Crippen LogP contribution in [-0.4, -0.2) is 29.8 Å². The second-order valence-electron chi connectivity index (χ2n) is 6.29. The highest BCUT2D eigenvalue weighted by atomic mass is 19.1. The Morgan fingerprint density at radius 1 is 1.28 bits per heavy atom. The van der Waals surface area contributed by atoms with Crippen molar-refractivity contribution in [1.29, 1.82) is 0 Å². The summed E-state index contributed by atoms with van der Waals surface area (Å²) in [5, 5.41) is 2.87. The molecule has 1 aromatic carbocycles. The second-order valence-corrected chi connectivity index (χ2v) is 6.29. The summed E-state index contributed by atoms with van der Waals surface area (Å²) in [6.45, 7) is 5.08. The zero-order chi connectivity index (χ0) is 18.2. The van der Waals surface area contributed by atoms with Crippen LogP contribution >= 0.6 is 0 Å². The first kappa shape index (κ1) is 18.9. The van der Waals surface area contributed by atoms with E-state index in [4.69, 9.17) is 0 Å². The van der Waals surface area contributed by atoms with E-state index in [2.05, 4.69) is 5.32 Å². The van der Waals surface area contributed by atoms with Gasteiger partial charge in [-0.05, 0) is 43.9 Å². The molecule has 1 aromatic rings. The van der Waals surface area contributed by atoms with E-state index >= 15 is 0 Å². The van der Waals surface area contributed by atoms with Gasteiger partial charge in [-0.25, -0.2) is 4.39 Å². The van der Waals surface area contributed by atoms with Crippen LogP contribution in [-0.2, 0) is 16.1 Å². The molecule has 0 aliphatic carbocycles. The maximum Gasteiger partial charge on any atom is 0.246 e.